The van der Waals surface area contributed by atoms with Gasteiger partial charge in [0.05, 0.1) is 17.9 Å². The van der Waals surface area contributed by atoms with Crippen LogP contribution in [-0.2, 0) is 10.0 Å². The monoisotopic (exact) mass is 350 g/mol. The highest BCUT2D eigenvalue weighted by Gasteiger charge is 2.20. The van der Waals surface area contributed by atoms with Gasteiger partial charge in [0.15, 0.2) is 0 Å². The number of sulfonamides is 1. The van der Waals surface area contributed by atoms with Crippen molar-refractivity contribution in [3.8, 4) is 0 Å². The summed E-state index contributed by atoms with van der Waals surface area (Å²) in [4.78, 5) is 12.5. The zero-order valence-corrected chi connectivity index (χ0v) is 15.2. The van der Waals surface area contributed by atoms with Crippen molar-refractivity contribution in [1.82, 2.24) is 5.32 Å². The quantitative estimate of drug-likeness (QED) is 0.867. The van der Waals surface area contributed by atoms with E-state index in [1.807, 2.05) is 26.8 Å². The van der Waals surface area contributed by atoms with Gasteiger partial charge < -0.3 is 9.73 Å². The number of carbonyl (C=O) groups is 1. The van der Waals surface area contributed by atoms with Crippen LogP contribution in [0, 0.1) is 20.8 Å². The summed E-state index contributed by atoms with van der Waals surface area (Å²) in [5.74, 6) is 1.10. The van der Waals surface area contributed by atoms with Gasteiger partial charge in [0.2, 0.25) is 10.0 Å². The number of carbonyl (C=O) groups excluding carboxylic acids is 1. The summed E-state index contributed by atoms with van der Waals surface area (Å²) in [5.41, 5.74) is 2.63. The highest BCUT2D eigenvalue weighted by Crippen LogP contribution is 2.23. The van der Waals surface area contributed by atoms with Gasteiger partial charge in [-0.1, -0.05) is 12.1 Å². The first-order chi connectivity index (χ1) is 11.1. The number of benzene rings is 1. The molecule has 0 aliphatic heterocycles. The van der Waals surface area contributed by atoms with E-state index in [1.165, 1.54) is 0 Å². The molecule has 7 heteroatoms. The minimum atomic E-state index is -3.34. The van der Waals surface area contributed by atoms with Crippen molar-refractivity contribution in [3.05, 3.63) is 52.5 Å². The fraction of sp³-hybridized carbons (Fsp3) is 0.353. The third-order valence-corrected chi connectivity index (χ3v) is 4.43. The highest BCUT2D eigenvalue weighted by molar-refractivity contribution is 7.92. The Morgan fingerprint density at radius 1 is 1.17 bits per heavy atom. The van der Waals surface area contributed by atoms with Crippen LogP contribution in [0.5, 0.6) is 0 Å². The van der Waals surface area contributed by atoms with Crippen LogP contribution in [0.2, 0.25) is 0 Å². The molecule has 0 fully saturated rings. The molecule has 1 aromatic carbocycles. The fourth-order valence-electron chi connectivity index (χ4n) is 2.57. The predicted octanol–water partition coefficient (Wildman–Crippen LogP) is 3.07. The van der Waals surface area contributed by atoms with Gasteiger partial charge in [0.1, 0.15) is 11.5 Å². The lowest BCUT2D eigenvalue weighted by Crippen LogP contribution is -2.27. The average Bonchev–Trinajstić information content (AvgIpc) is 2.70. The summed E-state index contributed by atoms with van der Waals surface area (Å²) in [6.45, 7) is 7.27. The zero-order chi connectivity index (χ0) is 18.1. The SMILES string of the molecule is Cc1oc(C)c(C(=O)N[C@@H](C)c2cccc(NS(C)(=O)=O)c2)c1C. The maximum Gasteiger partial charge on any atom is 0.255 e. The maximum absolute atomic E-state index is 12.5. The molecule has 0 saturated carbocycles. The minimum Gasteiger partial charge on any atom is -0.466 e. The van der Waals surface area contributed by atoms with Crippen LogP contribution in [0.1, 0.15) is 46.0 Å². The van der Waals surface area contributed by atoms with Crippen molar-refractivity contribution in [2.24, 2.45) is 0 Å². The molecular formula is C17H22N2O4S. The maximum atomic E-state index is 12.5. The average molecular weight is 350 g/mol. The first-order valence-electron chi connectivity index (χ1n) is 7.53. The molecule has 2 rings (SSSR count). The molecule has 1 aromatic heterocycles. The summed E-state index contributed by atoms with van der Waals surface area (Å²) < 4.78 is 30.6. The largest absolute Gasteiger partial charge is 0.466 e. The number of anilines is 1. The number of hydrogen-bond donors (Lipinski definition) is 2. The van der Waals surface area contributed by atoms with E-state index < -0.39 is 10.0 Å². The Labute approximate surface area is 142 Å². The molecule has 1 atom stereocenters. The van der Waals surface area contributed by atoms with E-state index >= 15 is 0 Å². The molecule has 0 aliphatic rings. The van der Waals surface area contributed by atoms with Gasteiger partial charge in [-0.05, 0) is 45.4 Å². The molecule has 0 saturated heterocycles. The van der Waals surface area contributed by atoms with E-state index in [9.17, 15) is 13.2 Å². The van der Waals surface area contributed by atoms with Crippen LogP contribution >= 0.6 is 0 Å². The van der Waals surface area contributed by atoms with Crippen molar-refractivity contribution in [2.75, 3.05) is 11.0 Å². The number of nitrogens with one attached hydrogen (secondary N) is 2. The number of aryl methyl sites for hydroxylation is 2. The Bertz CT molecular complexity index is 869. The molecule has 6 nitrogen and oxygen atoms in total. The minimum absolute atomic E-state index is 0.212. The summed E-state index contributed by atoms with van der Waals surface area (Å²) >= 11 is 0. The molecule has 0 unspecified atom stereocenters. The predicted molar refractivity (Wildman–Crippen MR) is 93.7 cm³/mol. The molecule has 0 bridgehead atoms. The second-order valence-electron chi connectivity index (χ2n) is 5.91. The molecule has 1 amide bonds. The summed E-state index contributed by atoms with van der Waals surface area (Å²) in [7, 11) is -3.34. The second-order valence-corrected chi connectivity index (χ2v) is 7.66. The van der Waals surface area contributed by atoms with Crippen molar-refractivity contribution < 1.29 is 17.6 Å². The van der Waals surface area contributed by atoms with Crippen LogP contribution in [0.15, 0.2) is 28.7 Å². The van der Waals surface area contributed by atoms with Gasteiger partial charge in [-0.15, -0.1) is 0 Å². The normalized spacial score (nSPS) is 12.7. The molecule has 24 heavy (non-hydrogen) atoms. The lowest BCUT2D eigenvalue weighted by molar-refractivity contribution is 0.0938. The molecule has 2 aromatic rings. The molecule has 0 spiro atoms. The van der Waals surface area contributed by atoms with Gasteiger partial charge >= 0.3 is 0 Å². The second kappa shape index (κ2) is 6.68. The van der Waals surface area contributed by atoms with Crippen molar-refractivity contribution in [3.63, 3.8) is 0 Å². The molecule has 1 heterocycles. The zero-order valence-electron chi connectivity index (χ0n) is 14.4. The van der Waals surface area contributed by atoms with Crippen LogP contribution in [0.4, 0.5) is 5.69 Å². The number of rotatable bonds is 5. The van der Waals surface area contributed by atoms with E-state index in [1.54, 1.807) is 25.1 Å². The van der Waals surface area contributed by atoms with Gasteiger partial charge in [0.25, 0.3) is 5.91 Å². The Hall–Kier alpha value is -2.28. The van der Waals surface area contributed by atoms with Gasteiger partial charge in [-0.25, -0.2) is 8.42 Å². The Morgan fingerprint density at radius 3 is 2.38 bits per heavy atom. The molecule has 0 aliphatic carbocycles. The van der Waals surface area contributed by atoms with Gasteiger partial charge in [-0.3, -0.25) is 9.52 Å². The first-order valence-corrected chi connectivity index (χ1v) is 9.43. The van der Waals surface area contributed by atoms with Crippen molar-refractivity contribution in [2.45, 2.75) is 33.7 Å². The van der Waals surface area contributed by atoms with Crippen LogP contribution in [0.3, 0.4) is 0 Å². The Morgan fingerprint density at radius 2 is 1.83 bits per heavy atom. The van der Waals surface area contributed by atoms with Crippen LogP contribution in [-0.4, -0.2) is 20.6 Å². The van der Waals surface area contributed by atoms with E-state index in [4.69, 9.17) is 4.42 Å². The van der Waals surface area contributed by atoms with E-state index in [0.717, 1.165) is 23.1 Å². The number of furan rings is 1. The van der Waals surface area contributed by atoms with E-state index in [0.29, 0.717) is 17.0 Å². The van der Waals surface area contributed by atoms with E-state index in [2.05, 4.69) is 10.0 Å². The van der Waals surface area contributed by atoms with Crippen molar-refractivity contribution >= 4 is 21.6 Å². The van der Waals surface area contributed by atoms with Gasteiger partial charge in [-0.2, -0.15) is 0 Å². The number of amides is 1. The van der Waals surface area contributed by atoms with Crippen LogP contribution < -0.4 is 10.0 Å². The highest BCUT2D eigenvalue weighted by atomic mass is 32.2. The Balaban J connectivity index is 2.19. The summed E-state index contributed by atoms with van der Waals surface area (Å²) in [5, 5.41) is 2.92. The van der Waals surface area contributed by atoms with Crippen molar-refractivity contribution in [1.29, 1.82) is 0 Å². The lowest BCUT2D eigenvalue weighted by Gasteiger charge is -2.16. The first kappa shape index (κ1) is 18.1. The smallest absolute Gasteiger partial charge is 0.255 e. The van der Waals surface area contributed by atoms with Crippen LogP contribution in [0.25, 0.3) is 0 Å². The summed E-state index contributed by atoms with van der Waals surface area (Å²) in [6, 6.07) is 6.65. The summed E-state index contributed by atoms with van der Waals surface area (Å²) in [6.07, 6.45) is 1.09. The molecule has 0 radical (unpaired) electrons. The fourth-order valence-corrected chi connectivity index (χ4v) is 3.12. The topological polar surface area (TPSA) is 88.4 Å². The third kappa shape index (κ3) is 4.17. The van der Waals surface area contributed by atoms with Gasteiger partial charge in [0, 0.05) is 11.3 Å². The molecule has 2 N–H and O–H groups in total. The third-order valence-electron chi connectivity index (χ3n) is 3.83. The Kier molecular flexibility index (Phi) is 5.03. The van der Waals surface area contributed by atoms with E-state index in [-0.39, 0.29) is 11.9 Å². The standard InChI is InChI=1S/C17H22N2O4S/c1-10-12(3)23-13(4)16(10)17(20)18-11(2)14-7-6-8-15(9-14)19-24(5,21)22/h6-9,11,19H,1-5H3,(H,18,20)/t11-/m0/s1. The molecule has 130 valence electrons. The lowest BCUT2D eigenvalue weighted by atomic mass is 10.1. The molecular weight excluding hydrogens is 328 g/mol. The number of hydrogen-bond acceptors (Lipinski definition) is 4.